The van der Waals surface area contributed by atoms with Crippen molar-refractivity contribution >= 4 is 0 Å². The Balaban J connectivity index is 2.37. The Hall–Kier alpha value is -0.120. The predicted octanol–water partition coefficient (Wildman–Crippen LogP) is 1.39. The molecule has 1 fully saturated rings. The summed E-state index contributed by atoms with van der Waals surface area (Å²) in [4.78, 5) is 5.11. The molecular formula is C13H29N3. The highest BCUT2D eigenvalue weighted by molar-refractivity contribution is 4.84. The molecule has 1 unspecified atom stereocenters. The van der Waals surface area contributed by atoms with Crippen LogP contribution < -0.4 is 5.73 Å². The second-order valence-corrected chi connectivity index (χ2v) is 6.18. The van der Waals surface area contributed by atoms with E-state index in [4.69, 9.17) is 5.73 Å². The topological polar surface area (TPSA) is 32.5 Å². The molecule has 1 aliphatic heterocycles. The highest BCUT2D eigenvalue weighted by Crippen LogP contribution is 2.21. The van der Waals surface area contributed by atoms with E-state index in [1.807, 2.05) is 0 Å². The average molecular weight is 227 g/mol. The zero-order chi connectivity index (χ0) is 12.3. The Bertz CT molecular complexity index is 203. The molecule has 0 aromatic rings. The van der Waals surface area contributed by atoms with E-state index in [1.165, 1.54) is 26.2 Å². The summed E-state index contributed by atoms with van der Waals surface area (Å²) in [5.41, 5.74) is 6.25. The summed E-state index contributed by atoms with van der Waals surface area (Å²) >= 11 is 0. The Morgan fingerprint density at radius 1 is 1.06 bits per heavy atom. The van der Waals surface area contributed by atoms with Crippen molar-refractivity contribution in [2.75, 3.05) is 32.7 Å². The normalized spacial score (nSPS) is 22.7. The summed E-state index contributed by atoms with van der Waals surface area (Å²) in [6, 6.07) is 0.944. The maximum Gasteiger partial charge on any atom is 0.0113 e. The first-order valence-electron chi connectivity index (χ1n) is 6.55. The lowest BCUT2D eigenvalue weighted by Crippen LogP contribution is -2.53. The molecule has 0 amide bonds. The van der Waals surface area contributed by atoms with Crippen molar-refractivity contribution < 1.29 is 0 Å². The second kappa shape index (κ2) is 5.48. The number of rotatable bonds is 4. The molecule has 0 saturated carbocycles. The first-order valence-corrected chi connectivity index (χ1v) is 6.55. The van der Waals surface area contributed by atoms with Gasteiger partial charge < -0.3 is 10.6 Å². The van der Waals surface area contributed by atoms with Crippen molar-refractivity contribution in [1.82, 2.24) is 9.80 Å². The van der Waals surface area contributed by atoms with Crippen LogP contribution >= 0.6 is 0 Å². The molecule has 1 heterocycles. The van der Waals surface area contributed by atoms with E-state index in [-0.39, 0.29) is 11.5 Å². The fourth-order valence-corrected chi connectivity index (χ4v) is 2.16. The Kier molecular flexibility index (Phi) is 4.77. The van der Waals surface area contributed by atoms with Crippen LogP contribution in [0.1, 0.15) is 34.6 Å². The quantitative estimate of drug-likeness (QED) is 0.788. The largest absolute Gasteiger partial charge is 0.327 e. The van der Waals surface area contributed by atoms with Crippen LogP contribution in [0, 0.1) is 5.41 Å². The van der Waals surface area contributed by atoms with E-state index in [9.17, 15) is 0 Å². The summed E-state index contributed by atoms with van der Waals surface area (Å²) in [6.45, 7) is 17.1. The highest BCUT2D eigenvalue weighted by atomic mass is 15.3. The van der Waals surface area contributed by atoms with Crippen LogP contribution in [-0.4, -0.2) is 54.6 Å². The molecule has 1 saturated heterocycles. The van der Waals surface area contributed by atoms with E-state index in [0.717, 1.165) is 6.54 Å². The molecule has 0 spiro atoms. The Morgan fingerprint density at radius 3 is 1.94 bits per heavy atom. The smallest absolute Gasteiger partial charge is 0.0113 e. The minimum absolute atomic E-state index is 0.222. The monoisotopic (exact) mass is 227 g/mol. The van der Waals surface area contributed by atoms with E-state index in [0.29, 0.717) is 6.04 Å². The molecule has 1 rings (SSSR count). The lowest BCUT2D eigenvalue weighted by Gasteiger charge is -2.41. The van der Waals surface area contributed by atoms with Crippen LogP contribution in [0.2, 0.25) is 0 Å². The van der Waals surface area contributed by atoms with Gasteiger partial charge in [-0.3, -0.25) is 4.90 Å². The lowest BCUT2D eigenvalue weighted by atomic mass is 9.85. The summed E-state index contributed by atoms with van der Waals surface area (Å²) in [7, 11) is 0. The molecule has 3 nitrogen and oxygen atoms in total. The molecule has 1 atom stereocenters. The molecule has 16 heavy (non-hydrogen) atoms. The van der Waals surface area contributed by atoms with Gasteiger partial charge in [-0.15, -0.1) is 0 Å². The first kappa shape index (κ1) is 13.9. The van der Waals surface area contributed by atoms with Gasteiger partial charge in [-0.2, -0.15) is 0 Å². The summed E-state index contributed by atoms with van der Waals surface area (Å²) < 4.78 is 0. The van der Waals surface area contributed by atoms with Crippen LogP contribution in [0.5, 0.6) is 0 Å². The lowest BCUT2D eigenvalue weighted by molar-refractivity contribution is 0.0743. The summed E-state index contributed by atoms with van der Waals surface area (Å²) in [5.74, 6) is 0. The number of hydrogen-bond donors (Lipinski definition) is 1. The van der Waals surface area contributed by atoms with Gasteiger partial charge in [-0.05, 0) is 26.2 Å². The maximum absolute atomic E-state index is 6.03. The minimum Gasteiger partial charge on any atom is -0.327 e. The molecule has 1 aliphatic rings. The molecule has 2 N–H and O–H groups in total. The zero-order valence-electron chi connectivity index (χ0n) is 11.7. The average Bonchev–Trinajstić information content (AvgIpc) is 2.17. The molecule has 96 valence electrons. The van der Waals surface area contributed by atoms with Gasteiger partial charge in [0.1, 0.15) is 0 Å². The van der Waals surface area contributed by atoms with Crippen molar-refractivity contribution in [2.24, 2.45) is 11.1 Å². The van der Waals surface area contributed by atoms with Gasteiger partial charge in [0.2, 0.25) is 0 Å². The summed E-state index contributed by atoms with van der Waals surface area (Å²) in [6.07, 6.45) is 0. The number of nitrogens with zero attached hydrogens (tertiary/aromatic N) is 2. The fourth-order valence-electron chi connectivity index (χ4n) is 2.16. The molecular weight excluding hydrogens is 198 g/mol. The number of hydrogen-bond acceptors (Lipinski definition) is 3. The Morgan fingerprint density at radius 2 is 1.56 bits per heavy atom. The molecule has 0 aromatic heterocycles. The fraction of sp³-hybridized carbons (Fsp3) is 1.00. The molecule has 0 bridgehead atoms. The molecule has 0 radical (unpaired) electrons. The number of piperazine rings is 1. The van der Waals surface area contributed by atoms with Gasteiger partial charge in [0.05, 0.1) is 0 Å². The zero-order valence-corrected chi connectivity index (χ0v) is 11.7. The van der Waals surface area contributed by atoms with Crippen molar-refractivity contribution in [3.05, 3.63) is 0 Å². The van der Waals surface area contributed by atoms with Crippen molar-refractivity contribution in [3.63, 3.8) is 0 Å². The molecule has 3 heteroatoms. The maximum atomic E-state index is 6.03. The van der Waals surface area contributed by atoms with Gasteiger partial charge in [0.15, 0.2) is 0 Å². The third kappa shape index (κ3) is 3.72. The van der Waals surface area contributed by atoms with Gasteiger partial charge in [-0.25, -0.2) is 0 Å². The second-order valence-electron chi connectivity index (χ2n) is 6.18. The number of nitrogens with two attached hydrogens (primary N) is 1. The first-order chi connectivity index (χ1) is 7.33. The SMILES string of the molecule is CC(C)N1CCN(CC(C)(C)C(C)N)CC1. The van der Waals surface area contributed by atoms with Crippen molar-refractivity contribution in [3.8, 4) is 0 Å². The Labute approximate surface area is 101 Å². The molecule has 0 aromatic carbocycles. The third-order valence-corrected chi connectivity index (χ3v) is 4.00. The van der Waals surface area contributed by atoms with Gasteiger partial charge >= 0.3 is 0 Å². The van der Waals surface area contributed by atoms with Crippen LogP contribution in [0.25, 0.3) is 0 Å². The highest BCUT2D eigenvalue weighted by Gasteiger charge is 2.28. The van der Waals surface area contributed by atoms with Crippen LogP contribution in [-0.2, 0) is 0 Å². The van der Waals surface area contributed by atoms with Crippen LogP contribution in [0.15, 0.2) is 0 Å². The van der Waals surface area contributed by atoms with Gasteiger partial charge in [-0.1, -0.05) is 13.8 Å². The van der Waals surface area contributed by atoms with Crippen LogP contribution in [0.4, 0.5) is 0 Å². The minimum atomic E-state index is 0.222. The standard InChI is InChI=1S/C13H29N3/c1-11(2)16-8-6-15(7-9-16)10-13(4,5)12(3)14/h11-12H,6-10,14H2,1-5H3. The van der Waals surface area contributed by atoms with Gasteiger partial charge in [0, 0.05) is 44.8 Å². The third-order valence-electron chi connectivity index (χ3n) is 4.00. The van der Waals surface area contributed by atoms with E-state index < -0.39 is 0 Å². The molecule has 0 aliphatic carbocycles. The van der Waals surface area contributed by atoms with E-state index in [2.05, 4.69) is 44.4 Å². The van der Waals surface area contributed by atoms with E-state index >= 15 is 0 Å². The van der Waals surface area contributed by atoms with Crippen molar-refractivity contribution in [2.45, 2.75) is 46.7 Å². The predicted molar refractivity (Wildman–Crippen MR) is 70.6 cm³/mol. The van der Waals surface area contributed by atoms with Gasteiger partial charge in [0.25, 0.3) is 0 Å². The van der Waals surface area contributed by atoms with E-state index in [1.54, 1.807) is 0 Å². The summed E-state index contributed by atoms with van der Waals surface area (Å²) in [5, 5.41) is 0. The van der Waals surface area contributed by atoms with Crippen LogP contribution in [0.3, 0.4) is 0 Å². The van der Waals surface area contributed by atoms with Crippen molar-refractivity contribution in [1.29, 1.82) is 0 Å².